The van der Waals surface area contributed by atoms with Crippen LogP contribution in [0.25, 0.3) is 5.69 Å². The minimum absolute atomic E-state index is 0.0434. The molecule has 0 saturated carbocycles. The quantitative estimate of drug-likeness (QED) is 0.158. The van der Waals surface area contributed by atoms with Crippen LogP contribution in [0.15, 0.2) is 69.6 Å². The molecule has 1 heterocycles. The van der Waals surface area contributed by atoms with Crippen molar-refractivity contribution < 1.29 is 14.7 Å². The van der Waals surface area contributed by atoms with Crippen LogP contribution >= 0.6 is 0 Å². The highest BCUT2D eigenvalue weighted by atomic mass is 16.4. The van der Waals surface area contributed by atoms with Gasteiger partial charge in [0.2, 0.25) is 0 Å². The number of para-hydroxylation sites is 1. The molecule has 0 spiro atoms. The number of unbranched alkanes of at least 4 members (excludes halogenated alkanes) is 2. The van der Waals surface area contributed by atoms with Crippen molar-refractivity contribution in [1.82, 2.24) is 14.7 Å². The summed E-state index contributed by atoms with van der Waals surface area (Å²) in [6, 6.07) is 15.2. The molecule has 226 valence electrons. The third kappa shape index (κ3) is 8.50. The molecule has 0 aliphatic rings. The van der Waals surface area contributed by atoms with Gasteiger partial charge in [-0.15, -0.1) is 10.2 Å². The van der Waals surface area contributed by atoms with E-state index in [1.165, 1.54) is 16.8 Å². The number of azo groups is 1. The summed E-state index contributed by atoms with van der Waals surface area (Å²) in [6.07, 6.45) is 8.34. The predicted molar refractivity (Wildman–Crippen MR) is 166 cm³/mol. The van der Waals surface area contributed by atoms with Gasteiger partial charge in [0.15, 0.2) is 11.4 Å². The van der Waals surface area contributed by atoms with Crippen LogP contribution in [0, 0.1) is 11.8 Å². The van der Waals surface area contributed by atoms with Gasteiger partial charge in [-0.2, -0.15) is 0 Å². The third-order valence-electron chi connectivity index (χ3n) is 7.82. The van der Waals surface area contributed by atoms with Crippen LogP contribution in [0.1, 0.15) is 99.9 Å². The van der Waals surface area contributed by atoms with E-state index in [1.807, 2.05) is 11.0 Å². The van der Waals surface area contributed by atoms with Crippen LogP contribution in [0.3, 0.4) is 0 Å². The number of hydrogen-bond acceptors (Lipinski definition) is 5. The van der Waals surface area contributed by atoms with Crippen LogP contribution in [-0.2, 0) is 0 Å². The fraction of sp³-hybridized carbons (Fsp3) is 0.485. The van der Waals surface area contributed by atoms with Gasteiger partial charge >= 0.3 is 5.97 Å². The normalized spacial score (nSPS) is 12.9. The number of amides is 1. The first-order valence-electron chi connectivity index (χ1n) is 15.3. The van der Waals surface area contributed by atoms with Gasteiger partial charge in [-0.05, 0) is 48.9 Å². The van der Waals surface area contributed by atoms with Crippen molar-refractivity contribution in [3.05, 3.63) is 76.2 Å². The van der Waals surface area contributed by atoms with Gasteiger partial charge in [-0.25, -0.2) is 9.48 Å². The Morgan fingerprint density at radius 3 is 1.98 bits per heavy atom. The third-order valence-corrected chi connectivity index (χ3v) is 7.82. The van der Waals surface area contributed by atoms with E-state index in [0.717, 1.165) is 51.4 Å². The van der Waals surface area contributed by atoms with E-state index in [9.17, 15) is 19.5 Å². The molecule has 2 N–H and O–H groups in total. The number of carboxylic acids is 1. The van der Waals surface area contributed by atoms with Gasteiger partial charge in [0.05, 0.1) is 11.3 Å². The molecule has 3 aromatic rings. The van der Waals surface area contributed by atoms with Gasteiger partial charge < -0.3 is 10.0 Å². The number of benzene rings is 2. The first kappa shape index (κ1) is 32.5. The number of H-pyrrole nitrogens is 1. The van der Waals surface area contributed by atoms with Crippen LogP contribution < -0.4 is 5.56 Å². The molecule has 0 fully saturated rings. The molecule has 2 atom stereocenters. The molecule has 2 aromatic carbocycles. The number of aromatic amines is 1. The number of carbonyl (C=O) groups excluding carboxylic acids is 1. The Kier molecular flexibility index (Phi) is 12.7. The topological polar surface area (TPSA) is 120 Å². The Hall–Kier alpha value is -4.01. The van der Waals surface area contributed by atoms with E-state index in [0.29, 0.717) is 30.6 Å². The Morgan fingerprint density at radius 2 is 1.43 bits per heavy atom. The van der Waals surface area contributed by atoms with Crippen molar-refractivity contribution in [2.75, 3.05) is 13.1 Å². The zero-order chi connectivity index (χ0) is 30.5. The first-order valence-corrected chi connectivity index (χ1v) is 15.3. The summed E-state index contributed by atoms with van der Waals surface area (Å²) in [6.45, 7) is 9.84. The fourth-order valence-corrected chi connectivity index (χ4v) is 5.13. The SMILES string of the molecule is CCCCC(CC)CN(CC(CC)CCCC)C(=O)c1[nH]n(-c2ccccc2)c(=O)c1N=Nc1ccccc1C(=O)O. The van der Waals surface area contributed by atoms with Crippen molar-refractivity contribution in [2.45, 2.75) is 79.1 Å². The minimum Gasteiger partial charge on any atom is -0.478 e. The lowest BCUT2D eigenvalue weighted by atomic mass is 9.95. The number of aromatic nitrogens is 2. The average molecular weight is 576 g/mol. The Balaban J connectivity index is 2.11. The monoisotopic (exact) mass is 575 g/mol. The molecule has 9 nitrogen and oxygen atoms in total. The zero-order valence-electron chi connectivity index (χ0n) is 25.4. The highest BCUT2D eigenvalue weighted by molar-refractivity contribution is 5.97. The molecule has 42 heavy (non-hydrogen) atoms. The molecule has 1 aromatic heterocycles. The summed E-state index contributed by atoms with van der Waals surface area (Å²) in [5, 5.41) is 21.0. The Bertz CT molecular complexity index is 1360. The van der Waals surface area contributed by atoms with Gasteiger partial charge in [0.1, 0.15) is 5.69 Å². The summed E-state index contributed by atoms with van der Waals surface area (Å²) in [4.78, 5) is 41.7. The second kappa shape index (κ2) is 16.4. The number of carboxylic acid groups (broad SMARTS) is 1. The molecule has 0 aliphatic carbocycles. The summed E-state index contributed by atoms with van der Waals surface area (Å²) < 4.78 is 1.30. The first-order chi connectivity index (χ1) is 20.3. The summed E-state index contributed by atoms with van der Waals surface area (Å²) in [5.74, 6) is -0.772. The van der Waals surface area contributed by atoms with E-state index >= 15 is 0 Å². The number of rotatable bonds is 17. The number of nitrogens with one attached hydrogen (secondary N) is 1. The van der Waals surface area contributed by atoms with Crippen LogP contribution in [0.4, 0.5) is 11.4 Å². The van der Waals surface area contributed by atoms with Crippen molar-refractivity contribution >= 4 is 23.3 Å². The molecule has 2 unspecified atom stereocenters. The second-order valence-electron chi connectivity index (χ2n) is 10.9. The molecule has 0 bridgehead atoms. The number of aromatic carboxylic acids is 1. The highest BCUT2D eigenvalue weighted by Gasteiger charge is 2.28. The maximum absolute atomic E-state index is 14.3. The van der Waals surface area contributed by atoms with Gasteiger partial charge in [-0.3, -0.25) is 14.7 Å². The molecular formula is C33H45N5O4. The lowest BCUT2D eigenvalue weighted by Gasteiger charge is -2.30. The molecule has 1 amide bonds. The fourth-order valence-electron chi connectivity index (χ4n) is 5.13. The van der Waals surface area contributed by atoms with Crippen LogP contribution in [0.2, 0.25) is 0 Å². The Labute approximate surface area is 248 Å². The van der Waals surface area contributed by atoms with Gasteiger partial charge in [0.25, 0.3) is 11.5 Å². The van der Waals surface area contributed by atoms with E-state index < -0.39 is 11.5 Å². The van der Waals surface area contributed by atoms with Crippen molar-refractivity contribution in [3.8, 4) is 5.69 Å². The molecule has 0 aliphatic heterocycles. The molecular weight excluding hydrogens is 530 g/mol. The van der Waals surface area contributed by atoms with Crippen molar-refractivity contribution in [2.24, 2.45) is 22.1 Å². The molecule has 3 rings (SSSR count). The lowest BCUT2D eigenvalue weighted by molar-refractivity contribution is 0.0675. The van der Waals surface area contributed by atoms with E-state index in [1.54, 1.807) is 36.4 Å². The summed E-state index contributed by atoms with van der Waals surface area (Å²) in [5.41, 5.74) is -0.00820. The van der Waals surface area contributed by atoms with E-state index in [4.69, 9.17) is 0 Å². The molecule has 0 saturated heterocycles. The van der Waals surface area contributed by atoms with Gasteiger partial charge in [-0.1, -0.05) is 96.6 Å². The second-order valence-corrected chi connectivity index (χ2v) is 10.9. The number of carbonyl (C=O) groups is 2. The van der Waals surface area contributed by atoms with Crippen molar-refractivity contribution in [3.63, 3.8) is 0 Å². The number of hydrogen-bond donors (Lipinski definition) is 2. The number of nitrogens with zero attached hydrogens (tertiary/aromatic N) is 4. The van der Waals surface area contributed by atoms with Gasteiger partial charge in [0, 0.05) is 13.1 Å². The largest absolute Gasteiger partial charge is 0.478 e. The standard InChI is InChI=1S/C33H45N5O4/c1-5-9-16-24(7-3)22-37(23-25(8-4)17-10-6-2)31(39)30-29(32(40)38(36-30)26-18-12-11-13-19-26)35-34-28-21-15-14-20-27(28)33(41)42/h11-15,18-21,24-25,36H,5-10,16-17,22-23H2,1-4H3,(H,41,42). The lowest BCUT2D eigenvalue weighted by Crippen LogP contribution is -2.39. The summed E-state index contributed by atoms with van der Waals surface area (Å²) in [7, 11) is 0. The average Bonchev–Trinajstić information content (AvgIpc) is 3.34. The maximum atomic E-state index is 14.3. The molecule has 9 heteroatoms. The highest BCUT2D eigenvalue weighted by Crippen LogP contribution is 2.26. The Morgan fingerprint density at radius 1 is 0.857 bits per heavy atom. The maximum Gasteiger partial charge on any atom is 0.337 e. The van der Waals surface area contributed by atoms with E-state index in [-0.39, 0.29) is 28.5 Å². The summed E-state index contributed by atoms with van der Waals surface area (Å²) >= 11 is 0. The van der Waals surface area contributed by atoms with Crippen LogP contribution in [-0.4, -0.2) is 44.8 Å². The smallest absolute Gasteiger partial charge is 0.337 e. The zero-order valence-corrected chi connectivity index (χ0v) is 25.4. The van der Waals surface area contributed by atoms with Crippen LogP contribution in [0.5, 0.6) is 0 Å². The minimum atomic E-state index is -1.15. The molecule has 0 radical (unpaired) electrons. The van der Waals surface area contributed by atoms with Crippen molar-refractivity contribution in [1.29, 1.82) is 0 Å². The van der Waals surface area contributed by atoms with E-state index in [2.05, 4.69) is 43.0 Å². The predicted octanol–water partition coefficient (Wildman–Crippen LogP) is 8.15.